The second kappa shape index (κ2) is 15.9. The number of likely N-dealkylation sites (N-methyl/N-ethyl adjacent to an activating group) is 1. The summed E-state index contributed by atoms with van der Waals surface area (Å²) in [7, 11) is 1.50. The van der Waals surface area contributed by atoms with Crippen molar-refractivity contribution in [1.29, 1.82) is 0 Å². The molecule has 1 saturated heterocycles. The monoisotopic (exact) mass is 765 g/mol. The zero-order valence-corrected chi connectivity index (χ0v) is 33.6. The van der Waals surface area contributed by atoms with E-state index >= 15 is 0 Å². The summed E-state index contributed by atoms with van der Waals surface area (Å²) in [5, 5.41) is 8.68. The zero-order chi connectivity index (χ0) is 39.7. The van der Waals surface area contributed by atoms with Crippen LogP contribution in [0.25, 0.3) is 22.4 Å². The van der Waals surface area contributed by atoms with Gasteiger partial charge in [0.05, 0.1) is 17.8 Å². The molecule has 1 aliphatic heterocycles. The van der Waals surface area contributed by atoms with E-state index in [1.807, 2.05) is 80.7 Å². The number of amides is 4. The fraction of sp³-hybridized carbons (Fsp3) is 0.419. The maximum absolute atomic E-state index is 14.7. The second-order valence-electron chi connectivity index (χ2n) is 16.4. The third kappa shape index (κ3) is 8.85. The molecule has 0 radical (unpaired) electrons. The number of carbonyl (C=O) groups is 4. The van der Waals surface area contributed by atoms with Crippen LogP contribution in [0, 0.1) is 5.41 Å². The molecule has 2 N–H and O–H groups in total. The van der Waals surface area contributed by atoms with Gasteiger partial charge in [-0.05, 0) is 61.8 Å². The number of aromatic nitrogens is 1. The predicted octanol–water partition coefficient (Wildman–Crippen LogP) is 7.78. The van der Waals surface area contributed by atoms with E-state index in [-0.39, 0.29) is 25.0 Å². The van der Waals surface area contributed by atoms with E-state index in [0.29, 0.717) is 6.42 Å². The van der Waals surface area contributed by atoms with Gasteiger partial charge in [0.25, 0.3) is 0 Å². The fourth-order valence-corrected chi connectivity index (χ4v) is 8.11. The summed E-state index contributed by atoms with van der Waals surface area (Å²) in [5.74, 6) is -0.898. The van der Waals surface area contributed by atoms with Crippen molar-refractivity contribution in [1.82, 2.24) is 25.4 Å². The van der Waals surface area contributed by atoms with E-state index in [2.05, 4.69) is 34.9 Å². The van der Waals surface area contributed by atoms with Gasteiger partial charge in [0.1, 0.15) is 29.3 Å². The van der Waals surface area contributed by atoms with Gasteiger partial charge in [-0.25, -0.2) is 14.6 Å². The number of fused-ring (bicyclic) bond motifs is 3. The fourth-order valence-electron chi connectivity index (χ4n) is 7.15. The summed E-state index contributed by atoms with van der Waals surface area (Å²) in [6, 6.07) is 23.4. The molecule has 0 saturated carbocycles. The molecule has 1 fully saturated rings. The first kappa shape index (κ1) is 39.5. The van der Waals surface area contributed by atoms with E-state index in [0.717, 1.165) is 38.5 Å². The van der Waals surface area contributed by atoms with Crippen molar-refractivity contribution in [2.75, 3.05) is 20.2 Å². The van der Waals surface area contributed by atoms with Crippen LogP contribution in [0.4, 0.5) is 9.59 Å². The van der Waals surface area contributed by atoms with E-state index in [1.54, 1.807) is 32.6 Å². The van der Waals surface area contributed by atoms with Crippen molar-refractivity contribution >= 4 is 35.3 Å². The van der Waals surface area contributed by atoms with Crippen LogP contribution in [0.5, 0.6) is 0 Å². The van der Waals surface area contributed by atoms with Gasteiger partial charge in [0.15, 0.2) is 0 Å². The highest BCUT2D eigenvalue weighted by atomic mass is 32.1. The first-order valence-electron chi connectivity index (χ1n) is 18.7. The standard InChI is InChI=1S/C43H51N5O6S/c1-26(47(8)41(52)54-43(5,6)7)37(49)46-36(42(2,3)4)39(50)48-23-28(22-35(48)38-45-34(25-55-38)27-16-10-9-11-17-27)44-40(51)53-24-33-31-20-14-12-18-29(31)30-19-13-15-21-32(30)33/h9-21,25-26,28,33,35-36H,22-24H2,1-8H3,(H,44,51)(H,46,49)/t26-,28-,35-,36+/m0/s1. The lowest BCUT2D eigenvalue weighted by molar-refractivity contribution is -0.141. The van der Waals surface area contributed by atoms with Gasteiger partial charge in [-0.1, -0.05) is 99.6 Å². The Morgan fingerprint density at radius 3 is 2.11 bits per heavy atom. The Balaban J connectivity index is 1.20. The normalized spacial score (nSPS) is 17.8. The summed E-state index contributed by atoms with van der Waals surface area (Å²) in [4.78, 5) is 62.5. The largest absolute Gasteiger partial charge is 0.449 e. The van der Waals surface area contributed by atoms with E-state index in [4.69, 9.17) is 14.5 Å². The molecule has 11 nitrogen and oxygen atoms in total. The molecule has 6 rings (SSSR count). The van der Waals surface area contributed by atoms with Gasteiger partial charge in [0.2, 0.25) is 11.8 Å². The molecule has 3 aromatic carbocycles. The lowest BCUT2D eigenvalue weighted by Crippen LogP contribution is -2.58. The zero-order valence-electron chi connectivity index (χ0n) is 32.8. The number of likely N-dealkylation sites (tertiary alicyclic amines) is 1. The van der Waals surface area contributed by atoms with Crippen molar-refractivity contribution < 1.29 is 28.7 Å². The Labute approximate surface area is 327 Å². The molecule has 290 valence electrons. The minimum atomic E-state index is -0.959. The van der Waals surface area contributed by atoms with E-state index < -0.39 is 53.3 Å². The Morgan fingerprint density at radius 2 is 1.51 bits per heavy atom. The van der Waals surface area contributed by atoms with Crippen molar-refractivity contribution in [2.45, 2.75) is 90.6 Å². The number of alkyl carbamates (subject to hydrolysis) is 1. The summed E-state index contributed by atoms with van der Waals surface area (Å²) in [6.07, 6.45) is -0.808. The van der Waals surface area contributed by atoms with Gasteiger partial charge >= 0.3 is 12.2 Å². The smallest absolute Gasteiger partial charge is 0.410 e. The van der Waals surface area contributed by atoms with Crippen molar-refractivity contribution in [2.24, 2.45) is 5.41 Å². The van der Waals surface area contributed by atoms with Gasteiger partial charge in [-0.2, -0.15) is 0 Å². The molecule has 2 heterocycles. The molecule has 0 bridgehead atoms. The van der Waals surface area contributed by atoms with Crippen molar-refractivity contribution in [3.63, 3.8) is 0 Å². The summed E-state index contributed by atoms with van der Waals surface area (Å²) < 4.78 is 11.4. The molecule has 1 aliphatic carbocycles. The summed E-state index contributed by atoms with van der Waals surface area (Å²) in [5.41, 5.74) is 4.82. The van der Waals surface area contributed by atoms with Crippen LogP contribution in [0.1, 0.15) is 83.0 Å². The van der Waals surface area contributed by atoms with Crippen LogP contribution >= 0.6 is 11.3 Å². The third-order valence-corrected chi connectivity index (χ3v) is 11.1. The number of hydrogen-bond acceptors (Lipinski definition) is 8. The average Bonchev–Trinajstić information content (AvgIpc) is 3.87. The second-order valence-corrected chi connectivity index (χ2v) is 17.3. The molecular weight excluding hydrogens is 715 g/mol. The Hall–Kier alpha value is -5.23. The molecule has 2 aliphatic rings. The van der Waals surface area contributed by atoms with E-state index in [1.165, 1.54) is 23.3 Å². The number of rotatable bonds is 9. The van der Waals surface area contributed by atoms with Crippen LogP contribution in [-0.4, -0.2) is 82.7 Å². The highest BCUT2D eigenvalue weighted by Crippen LogP contribution is 2.44. The molecular formula is C43H51N5O6S. The number of thiazole rings is 1. The maximum Gasteiger partial charge on any atom is 0.410 e. The van der Waals surface area contributed by atoms with Crippen molar-refractivity contribution in [3.8, 4) is 22.4 Å². The van der Waals surface area contributed by atoms with Crippen LogP contribution in [0.3, 0.4) is 0 Å². The first-order valence-corrected chi connectivity index (χ1v) is 19.6. The number of ether oxygens (including phenoxy) is 2. The van der Waals surface area contributed by atoms with E-state index in [9.17, 15) is 19.2 Å². The highest BCUT2D eigenvalue weighted by molar-refractivity contribution is 7.10. The maximum atomic E-state index is 14.7. The number of benzene rings is 3. The number of hydrogen-bond donors (Lipinski definition) is 2. The topological polar surface area (TPSA) is 130 Å². The van der Waals surface area contributed by atoms with Crippen LogP contribution in [0.15, 0.2) is 84.2 Å². The summed E-state index contributed by atoms with van der Waals surface area (Å²) >= 11 is 1.45. The van der Waals surface area contributed by atoms with Gasteiger partial charge < -0.3 is 25.0 Å². The van der Waals surface area contributed by atoms with Crippen LogP contribution in [0.2, 0.25) is 0 Å². The SMILES string of the molecule is C[C@@H](C(=O)N[C@H](C(=O)N1C[C@@H](NC(=O)OCC2c3ccccc3-c3ccccc32)C[C@H]1c1nc(-c2ccccc2)cs1)C(C)(C)C)N(C)C(=O)OC(C)(C)C. The molecule has 4 amide bonds. The lowest BCUT2D eigenvalue weighted by atomic mass is 9.85. The molecule has 0 spiro atoms. The first-order chi connectivity index (χ1) is 26.0. The van der Waals surface area contributed by atoms with Crippen molar-refractivity contribution in [3.05, 3.63) is 100 Å². The highest BCUT2D eigenvalue weighted by Gasteiger charge is 2.45. The number of nitrogens with one attached hydrogen (secondary N) is 2. The summed E-state index contributed by atoms with van der Waals surface area (Å²) in [6.45, 7) is 12.9. The lowest BCUT2D eigenvalue weighted by Gasteiger charge is -2.36. The molecule has 12 heteroatoms. The Bertz CT molecular complexity index is 1990. The van der Waals surface area contributed by atoms with Gasteiger partial charge in [-0.15, -0.1) is 11.3 Å². The average molecular weight is 766 g/mol. The third-order valence-electron chi connectivity index (χ3n) is 10.2. The Kier molecular flexibility index (Phi) is 11.4. The molecule has 1 aromatic heterocycles. The molecule has 55 heavy (non-hydrogen) atoms. The van der Waals surface area contributed by atoms with Gasteiger partial charge in [-0.3, -0.25) is 14.5 Å². The van der Waals surface area contributed by atoms with Gasteiger partial charge in [0, 0.05) is 30.5 Å². The Morgan fingerprint density at radius 1 is 0.909 bits per heavy atom. The molecule has 0 unspecified atom stereocenters. The minimum absolute atomic E-state index is 0.0906. The van der Waals surface area contributed by atoms with Crippen LogP contribution < -0.4 is 10.6 Å². The minimum Gasteiger partial charge on any atom is -0.449 e. The van der Waals surface area contributed by atoms with Crippen LogP contribution in [-0.2, 0) is 19.1 Å². The number of nitrogens with zero attached hydrogens (tertiary/aromatic N) is 3. The molecule has 4 atom stereocenters. The molecule has 4 aromatic rings. The number of carbonyl (C=O) groups excluding carboxylic acids is 4. The predicted molar refractivity (Wildman–Crippen MR) is 213 cm³/mol. The quantitative estimate of drug-likeness (QED) is 0.178.